The molecule has 6 heteroatoms. The van der Waals surface area contributed by atoms with E-state index >= 15 is 0 Å². The molecule has 1 aromatic rings. The predicted molar refractivity (Wildman–Crippen MR) is 67.0 cm³/mol. The number of hydrogen-bond acceptors (Lipinski definition) is 6. The molecule has 17 heavy (non-hydrogen) atoms. The van der Waals surface area contributed by atoms with Crippen LogP contribution in [0.15, 0.2) is 6.33 Å². The zero-order valence-corrected chi connectivity index (χ0v) is 10.3. The third kappa shape index (κ3) is 4.07. The van der Waals surface area contributed by atoms with Crippen LogP contribution in [0.3, 0.4) is 0 Å². The van der Waals surface area contributed by atoms with Gasteiger partial charge in [0, 0.05) is 6.54 Å². The molecule has 1 aromatic heterocycles. The van der Waals surface area contributed by atoms with E-state index < -0.39 is 0 Å². The van der Waals surface area contributed by atoms with Crippen molar-refractivity contribution in [3.8, 4) is 5.88 Å². The van der Waals surface area contributed by atoms with Crippen molar-refractivity contribution >= 4 is 11.5 Å². The summed E-state index contributed by atoms with van der Waals surface area (Å²) in [6.07, 6.45) is 2.51. The van der Waals surface area contributed by atoms with E-state index in [1.165, 1.54) is 6.33 Å². The first kappa shape index (κ1) is 13.5. The fourth-order valence-electron chi connectivity index (χ4n) is 1.33. The molecule has 1 unspecified atom stereocenters. The number of nitrogens with zero attached hydrogens (tertiary/aromatic N) is 2. The summed E-state index contributed by atoms with van der Waals surface area (Å²) in [5.74, 6) is 0.938. The smallest absolute Gasteiger partial charge is 0.242 e. The molecule has 0 spiro atoms. The number of anilines is 2. The van der Waals surface area contributed by atoms with Crippen LogP contribution in [0.5, 0.6) is 5.88 Å². The van der Waals surface area contributed by atoms with E-state index in [1.807, 2.05) is 13.8 Å². The van der Waals surface area contributed by atoms with Crippen molar-refractivity contribution in [2.75, 3.05) is 24.2 Å². The van der Waals surface area contributed by atoms with Gasteiger partial charge >= 0.3 is 0 Å². The Morgan fingerprint density at radius 3 is 2.88 bits per heavy atom. The van der Waals surface area contributed by atoms with Crippen LogP contribution in [0.1, 0.15) is 26.7 Å². The zero-order chi connectivity index (χ0) is 12.7. The lowest BCUT2D eigenvalue weighted by Gasteiger charge is -2.12. The molecule has 0 aliphatic rings. The number of aromatic nitrogens is 2. The highest BCUT2D eigenvalue weighted by Crippen LogP contribution is 2.24. The van der Waals surface area contributed by atoms with Gasteiger partial charge in [-0.3, -0.25) is 0 Å². The summed E-state index contributed by atoms with van der Waals surface area (Å²) in [5, 5.41) is 12.5. The molecule has 0 aliphatic heterocycles. The summed E-state index contributed by atoms with van der Waals surface area (Å²) in [6, 6.07) is 0. The maximum absolute atomic E-state index is 9.42. The Hall–Kier alpha value is -1.56. The zero-order valence-electron chi connectivity index (χ0n) is 10.3. The van der Waals surface area contributed by atoms with Gasteiger partial charge in [-0.05, 0) is 19.8 Å². The van der Waals surface area contributed by atoms with Crippen molar-refractivity contribution in [2.24, 2.45) is 0 Å². The lowest BCUT2D eigenvalue weighted by molar-refractivity contribution is 0.164. The Bertz CT molecular complexity index is 346. The summed E-state index contributed by atoms with van der Waals surface area (Å²) >= 11 is 0. The van der Waals surface area contributed by atoms with Crippen LogP contribution in [0.2, 0.25) is 0 Å². The molecule has 0 bridgehead atoms. The van der Waals surface area contributed by atoms with Crippen LogP contribution in [0, 0.1) is 0 Å². The SMILES string of the molecule is CCOc1ncnc(NCCC(O)CC)c1N. The van der Waals surface area contributed by atoms with Crippen LogP contribution in [-0.4, -0.2) is 34.3 Å². The Morgan fingerprint density at radius 2 is 2.24 bits per heavy atom. The second-order valence-electron chi connectivity index (χ2n) is 3.65. The first-order chi connectivity index (χ1) is 8.19. The molecule has 0 radical (unpaired) electrons. The van der Waals surface area contributed by atoms with Crippen LogP contribution < -0.4 is 15.8 Å². The van der Waals surface area contributed by atoms with E-state index in [0.29, 0.717) is 37.0 Å². The Kier molecular flexibility index (Phi) is 5.48. The molecule has 6 nitrogen and oxygen atoms in total. The maximum Gasteiger partial charge on any atom is 0.242 e. The number of ether oxygens (including phenoxy) is 1. The molecule has 0 amide bonds. The Labute approximate surface area is 101 Å². The van der Waals surface area contributed by atoms with Gasteiger partial charge in [0.1, 0.15) is 12.0 Å². The van der Waals surface area contributed by atoms with Gasteiger partial charge in [0.15, 0.2) is 5.82 Å². The number of nitrogen functional groups attached to an aromatic ring is 1. The molecule has 0 fully saturated rings. The van der Waals surface area contributed by atoms with Crippen molar-refractivity contribution in [1.29, 1.82) is 0 Å². The molecule has 4 N–H and O–H groups in total. The van der Waals surface area contributed by atoms with Crippen molar-refractivity contribution in [1.82, 2.24) is 9.97 Å². The van der Waals surface area contributed by atoms with Gasteiger partial charge in [-0.1, -0.05) is 6.92 Å². The number of nitrogens with two attached hydrogens (primary N) is 1. The van der Waals surface area contributed by atoms with Gasteiger partial charge in [-0.15, -0.1) is 0 Å². The van der Waals surface area contributed by atoms with E-state index in [0.717, 1.165) is 6.42 Å². The monoisotopic (exact) mass is 240 g/mol. The maximum atomic E-state index is 9.42. The first-order valence-corrected chi connectivity index (χ1v) is 5.84. The van der Waals surface area contributed by atoms with Crippen LogP contribution in [-0.2, 0) is 0 Å². The van der Waals surface area contributed by atoms with Gasteiger partial charge in [0.05, 0.1) is 12.7 Å². The van der Waals surface area contributed by atoms with E-state index in [4.69, 9.17) is 10.5 Å². The topological polar surface area (TPSA) is 93.3 Å². The van der Waals surface area contributed by atoms with E-state index in [-0.39, 0.29) is 6.10 Å². The lowest BCUT2D eigenvalue weighted by Crippen LogP contribution is -2.14. The van der Waals surface area contributed by atoms with Gasteiger partial charge in [-0.25, -0.2) is 4.98 Å². The van der Waals surface area contributed by atoms with Gasteiger partial charge in [-0.2, -0.15) is 4.98 Å². The van der Waals surface area contributed by atoms with Crippen molar-refractivity contribution in [2.45, 2.75) is 32.8 Å². The quantitative estimate of drug-likeness (QED) is 0.659. The van der Waals surface area contributed by atoms with E-state index in [2.05, 4.69) is 15.3 Å². The molecule has 0 aliphatic carbocycles. The normalized spacial score (nSPS) is 12.2. The van der Waals surface area contributed by atoms with Crippen molar-refractivity contribution in [3.63, 3.8) is 0 Å². The second-order valence-corrected chi connectivity index (χ2v) is 3.65. The van der Waals surface area contributed by atoms with Gasteiger partial charge in [0.2, 0.25) is 5.88 Å². The molecule has 0 aromatic carbocycles. The third-order valence-corrected chi connectivity index (χ3v) is 2.37. The molecule has 96 valence electrons. The fraction of sp³-hybridized carbons (Fsp3) is 0.636. The van der Waals surface area contributed by atoms with Crippen LogP contribution >= 0.6 is 0 Å². The minimum absolute atomic E-state index is 0.295. The Morgan fingerprint density at radius 1 is 1.47 bits per heavy atom. The highest BCUT2D eigenvalue weighted by molar-refractivity contribution is 5.66. The average Bonchev–Trinajstić information content (AvgIpc) is 2.33. The minimum atomic E-state index is -0.295. The molecular formula is C11H20N4O2. The number of hydrogen-bond donors (Lipinski definition) is 3. The van der Waals surface area contributed by atoms with Crippen LogP contribution in [0.4, 0.5) is 11.5 Å². The summed E-state index contributed by atoms with van der Waals surface area (Å²) in [6.45, 7) is 4.93. The van der Waals surface area contributed by atoms with E-state index in [9.17, 15) is 5.11 Å². The molecule has 1 atom stereocenters. The lowest BCUT2D eigenvalue weighted by atomic mass is 10.2. The Balaban J connectivity index is 2.56. The fourth-order valence-corrected chi connectivity index (χ4v) is 1.33. The summed E-state index contributed by atoms with van der Waals surface area (Å²) < 4.78 is 5.26. The molecule has 1 heterocycles. The summed E-state index contributed by atoms with van der Waals surface area (Å²) in [7, 11) is 0. The molecule has 1 rings (SSSR count). The van der Waals surface area contributed by atoms with Gasteiger partial charge in [0.25, 0.3) is 0 Å². The number of rotatable bonds is 7. The first-order valence-electron chi connectivity index (χ1n) is 5.84. The largest absolute Gasteiger partial charge is 0.476 e. The summed E-state index contributed by atoms with van der Waals surface area (Å²) in [4.78, 5) is 7.98. The summed E-state index contributed by atoms with van der Waals surface area (Å²) in [5.41, 5.74) is 6.25. The average molecular weight is 240 g/mol. The minimum Gasteiger partial charge on any atom is -0.476 e. The van der Waals surface area contributed by atoms with Crippen molar-refractivity contribution < 1.29 is 9.84 Å². The molecule has 0 saturated carbocycles. The molecule has 0 saturated heterocycles. The number of aliphatic hydroxyl groups excluding tert-OH is 1. The third-order valence-electron chi connectivity index (χ3n) is 2.37. The predicted octanol–water partition coefficient (Wildman–Crippen LogP) is 1.03. The highest BCUT2D eigenvalue weighted by atomic mass is 16.5. The van der Waals surface area contributed by atoms with E-state index in [1.54, 1.807) is 0 Å². The van der Waals surface area contributed by atoms with Crippen molar-refractivity contribution in [3.05, 3.63) is 6.33 Å². The van der Waals surface area contributed by atoms with Gasteiger partial charge < -0.3 is 20.9 Å². The molecular weight excluding hydrogens is 220 g/mol. The number of aliphatic hydroxyl groups is 1. The second kappa shape index (κ2) is 6.90. The highest BCUT2D eigenvalue weighted by Gasteiger charge is 2.08. The number of nitrogens with one attached hydrogen (secondary N) is 1. The standard InChI is InChI=1S/C11H20N4O2/c1-3-8(16)5-6-13-10-9(12)11(17-4-2)15-7-14-10/h7-8,16H,3-6,12H2,1-2H3,(H,13,14,15). The van der Waals surface area contributed by atoms with Crippen LogP contribution in [0.25, 0.3) is 0 Å².